The van der Waals surface area contributed by atoms with E-state index >= 15 is 0 Å². The van der Waals surface area contributed by atoms with Gasteiger partial charge in [0.05, 0.1) is 17.0 Å². The maximum Gasteiger partial charge on any atom is 0.243 e. The number of furan rings is 1. The van der Waals surface area contributed by atoms with Gasteiger partial charge in [0.2, 0.25) is 15.9 Å². The maximum atomic E-state index is 13.7. The van der Waals surface area contributed by atoms with Gasteiger partial charge in [-0.2, -0.15) is 4.31 Å². The molecule has 7 nitrogen and oxygen atoms in total. The third kappa shape index (κ3) is 4.29. The Labute approximate surface area is 219 Å². The lowest BCUT2D eigenvalue weighted by atomic mass is 9.69. The summed E-state index contributed by atoms with van der Waals surface area (Å²) in [6.07, 6.45) is 8.07. The van der Waals surface area contributed by atoms with Crippen LogP contribution in [-0.4, -0.2) is 54.4 Å². The SMILES string of the molecule is C=CCCCC(=O)N1[C@H]2c3oc(CCCO)cc3[C@@H]3CCN(S(=O)(=O)c4ccccc4)C[C@]23C[C@@H]1C=C. The molecule has 0 bridgehead atoms. The second kappa shape index (κ2) is 10.2. The fourth-order valence-corrected chi connectivity index (χ4v) is 8.37. The molecule has 3 heterocycles. The van der Waals surface area contributed by atoms with E-state index in [0.29, 0.717) is 51.6 Å². The summed E-state index contributed by atoms with van der Waals surface area (Å²) >= 11 is 0. The summed E-state index contributed by atoms with van der Waals surface area (Å²) in [5.41, 5.74) is 0.623. The molecule has 3 aliphatic rings. The van der Waals surface area contributed by atoms with Gasteiger partial charge in [-0.05, 0) is 61.8 Å². The first-order valence-corrected chi connectivity index (χ1v) is 14.6. The van der Waals surface area contributed by atoms with Gasteiger partial charge in [-0.3, -0.25) is 4.79 Å². The minimum atomic E-state index is -3.68. The van der Waals surface area contributed by atoms with Gasteiger partial charge >= 0.3 is 0 Å². The predicted octanol–water partition coefficient (Wildman–Crippen LogP) is 4.57. The Balaban J connectivity index is 1.55. The van der Waals surface area contributed by atoms with Crippen LogP contribution in [0.1, 0.15) is 67.6 Å². The van der Waals surface area contributed by atoms with E-state index in [1.807, 2.05) is 23.1 Å². The quantitative estimate of drug-likeness (QED) is 0.363. The van der Waals surface area contributed by atoms with Gasteiger partial charge in [0.25, 0.3) is 0 Å². The zero-order valence-corrected chi connectivity index (χ0v) is 22.0. The van der Waals surface area contributed by atoms with E-state index in [2.05, 4.69) is 19.2 Å². The second-order valence-corrected chi connectivity index (χ2v) is 12.4. The Hall–Kier alpha value is -2.68. The third-order valence-corrected chi connectivity index (χ3v) is 10.2. The number of amides is 1. The summed E-state index contributed by atoms with van der Waals surface area (Å²) in [5, 5.41) is 9.32. The number of allylic oxidation sites excluding steroid dienone is 1. The lowest BCUT2D eigenvalue weighted by Gasteiger charge is -2.44. The summed E-state index contributed by atoms with van der Waals surface area (Å²) in [4.78, 5) is 15.8. The van der Waals surface area contributed by atoms with Crippen LogP contribution in [0, 0.1) is 5.41 Å². The highest BCUT2D eigenvalue weighted by Crippen LogP contribution is 2.67. The van der Waals surface area contributed by atoms with Gasteiger partial charge < -0.3 is 14.4 Å². The Morgan fingerprint density at radius 3 is 2.70 bits per heavy atom. The van der Waals surface area contributed by atoms with Crippen molar-refractivity contribution in [2.24, 2.45) is 5.41 Å². The number of hydrogen-bond donors (Lipinski definition) is 1. The number of carbonyl (C=O) groups excluding carboxylic acids is 1. The van der Waals surface area contributed by atoms with Crippen molar-refractivity contribution in [2.45, 2.75) is 67.8 Å². The Morgan fingerprint density at radius 1 is 1.22 bits per heavy atom. The highest BCUT2D eigenvalue weighted by molar-refractivity contribution is 7.89. The minimum absolute atomic E-state index is 0.0385. The van der Waals surface area contributed by atoms with E-state index in [1.165, 1.54) is 0 Å². The highest BCUT2D eigenvalue weighted by atomic mass is 32.2. The van der Waals surface area contributed by atoms with Gasteiger partial charge in [0, 0.05) is 38.0 Å². The lowest BCUT2D eigenvalue weighted by molar-refractivity contribution is -0.135. The smallest absolute Gasteiger partial charge is 0.243 e. The van der Waals surface area contributed by atoms with E-state index in [4.69, 9.17) is 4.42 Å². The monoisotopic (exact) mass is 524 g/mol. The molecule has 1 N–H and O–H groups in total. The number of nitrogens with zero attached hydrogens (tertiary/aromatic N) is 2. The van der Waals surface area contributed by atoms with Crippen molar-refractivity contribution in [3.8, 4) is 0 Å². The fraction of sp³-hybridized carbons (Fsp3) is 0.483. The minimum Gasteiger partial charge on any atom is -0.464 e. The van der Waals surface area contributed by atoms with Crippen LogP contribution >= 0.6 is 0 Å². The first-order chi connectivity index (χ1) is 17.9. The fourth-order valence-electron chi connectivity index (χ4n) is 6.82. The molecule has 198 valence electrons. The zero-order valence-electron chi connectivity index (χ0n) is 21.2. The van der Waals surface area contributed by atoms with Crippen molar-refractivity contribution >= 4 is 15.9 Å². The van der Waals surface area contributed by atoms with Crippen LogP contribution in [0.15, 0.2) is 71.0 Å². The topological polar surface area (TPSA) is 91.1 Å². The summed E-state index contributed by atoms with van der Waals surface area (Å²) in [6.45, 7) is 8.65. The van der Waals surface area contributed by atoms with E-state index in [-0.39, 0.29) is 35.4 Å². The average Bonchev–Trinajstić information content (AvgIpc) is 3.53. The number of piperidine rings is 1. The van der Waals surface area contributed by atoms with Crippen molar-refractivity contribution < 1.29 is 22.7 Å². The van der Waals surface area contributed by atoms with Gasteiger partial charge in [0.15, 0.2) is 0 Å². The number of unbranched alkanes of at least 4 members (excludes halogenated alkanes) is 1. The van der Waals surface area contributed by atoms with E-state index in [1.54, 1.807) is 28.6 Å². The number of rotatable bonds is 10. The van der Waals surface area contributed by atoms with Crippen LogP contribution in [0.4, 0.5) is 0 Å². The molecule has 1 aromatic carbocycles. The number of fused-ring (bicyclic) bond motifs is 3. The van der Waals surface area contributed by atoms with Crippen molar-refractivity contribution in [2.75, 3.05) is 19.7 Å². The summed E-state index contributed by atoms with van der Waals surface area (Å²) in [5.74, 6) is 1.73. The predicted molar refractivity (Wildman–Crippen MR) is 141 cm³/mol. The standard InChI is InChI=1S/C29H36N2O5S/c1-3-5-7-14-26(33)31-21(4-2)19-29-20-30(37(34,35)23-12-8-6-9-13-23)16-15-25(29)24-18-22(11-10-17-32)36-27(24)28(29)31/h3-4,6,8-9,12-13,18,21,25,28,32H,1-2,5,7,10-11,14-17,19-20H2/t21-,25-,28-,29-/m0/s1. The molecule has 0 unspecified atom stereocenters. The molecule has 1 aromatic heterocycles. The number of carbonyl (C=O) groups is 1. The summed E-state index contributed by atoms with van der Waals surface area (Å²) in [7, 11) is -3.68. The Kier molecular flexibility index (Phi) is 7.18. The van der Waals surface area contributed by atoms with E-state index in [0.717, 1.165) is 23.5 Å². The first-order valence-electron chi connectivity index (χ1n) is 13.2. The van der Waals surface area contributed by atoms with Crippen LogP contribution in [0.2, 0.25) is 0 Å². The van der Waals surface area contributed by atoms with Gasteiger partial charge in [0.1, 0.15) is 11.5 Å². The molecule has 2 aliphatic heterocycles. The van der Waals surface area contributed by atoms with Crippen molar-refractivity contribution in [1.29, 1.82) is 0 Å². The van der Waals surface area contributed by atoms with Crippen LogP contribution in [0.25, 0.3) is 0 Å². The maximum absolute atomic E-state index is 13.7. The molecule has 5 rings (SSSR count). The highest BCUT2D eigenvalue weighted by Gasteiger charge is 2.66. The third-order valence-electron chi connectivity index (χ3n) is 8.39. The summed E-state index contributed by atoms with van der Waals surface area (Å²) < 4.78 is 35.3. The van der Waals surface area contributed by atoms with Crippen molar-refractivity contribution in [1.82, 2.24) is 9.21 Å². The van der Waals surface area contributed by atoms with Crippen LogP contribution in [-0.2, 0) is 21.2 Å². The number of hydrogen-bond acceptors (Lipinski definition) is 5. The molecule has 4 atom stereocenters. The molecule has 2 saturated heterocycles. The van der Waals surface area contributed by atoms with E-state index < -0.39 is 15.4 Å². The molecule has 1 aliphatic carbocycles. The number of benzene rings is 1. The molecule has 2 fully saturated rings. The van der Waals surface area contributed by atoms with Crippen LogP contribution < -0.4 is 0 Å². The molecule has 0 saturated carbocycles. The average molecular weight is 525 g/mol. The number of likely N-dealkylation sites (tertiary alicyclic amines) is 1. The number of aliphatic hydroxyl groups excluding tert-OH is 1. The van der Waals surface area contributed by atoms with E-state index in [9.17, 15) is 18.3 Å². The number of aliphatic hydroxyl groups is 1. The van der Waals surface area contributed by atoms with Crippen LogP contribution in [0.5, 0.6) is 0 Å². The zero-order chi connectivity index (χ0) is 26.2. The largest absolute Gasteiger partial charge is 0.464 e. The molecule has 37 heavy (non-hydrogen) atoms. The number of sulfonamides is 1. The molecule has 1 spiro atoms. The van der Waals surface area contributed by atoms with Crippen molar-refractivity contribution in [3.63, 3.8) is 0 Å². The number of aryl methyl sites for hydroxylation is 1. The van der Waals surface area contributed by atoms with Crippen molar-refractivity contribution in [3.05, 3.63) is 78.8 Å². The summed E-state index contributed by atoms with van der Waals surface area (Å²) in [6, 6.07) is 10.1. The van der Waals surface area contributed by atoms with Gasteiger partial charge in [-0.15, -0.1) is 13.2 Å². The molecule has 2 aromatic rings. The molecule has 8 heteroatoms. The van der Waals surface area contributed by atoms with Crippen LogP contribution in [0.3, 0.4) is 0 Å². The Bertz CT molecular complexity index is 1270. The molecular formula is C29H36N2O5S. The molecule has 0 radical (unpaired) electrons. The lowest BCUT2D eigenvalue weighted by Crippen LogP contribution is -2.50. The van der Waals surface area contributed by atoms with Gasteiger partial charge in [-0.25, -0.2) is 8.42 Å². The molecule has 1 amide bonds. The second-order valence-electron chi connectivity index (χ2n) is 10.5. The van der Waals surface area contributed by atoms with Gasteiger partial charge in [-0.1, -0.05) is 30.4 Å². The molecular weight excluding hydrogens is 488 g/mol. The Morgan fingerprint density at radius 2 is 2.00 bits per heavy atom. The normalized spacial score (nSPS) is 26.9. The first kappa shape index (κ1) is 25.9.